The minimum Gasteiger partial charge on any atom is -0.482 e. The number of aromatic nitrogens is 3. The Balaban J connectivity index is 1.65. The molecule has 0 radical (unpaired) electrons. The van der Waals surface area contributed by atoms with E-state index in [0.717, 1.165) is 6.54 Å². The van der Waals surface area contributed by atoms with Gasteiger partial charge in [-0.25, -0.2) is 0 Å². The van der Waals surface area contributed by atoms with Crippen LogP contribution in [0.15, 0.2) is 30.6 Å². The number of hydrogen-bond acceptors (Lipinski definition) is 5. The Kier molecular flexibility index (Phi) is 3.95. The van der Waals surface area contributed by atoms with Gasteiger partial charge in [0.1, 0.15) is 12.4 Å². The lowest BCUT2D eigenvalue weighted by Crippen LogP contribution is -2.49. The van der Waals surface area contributed by atoms with Gasteiger partial charge < -0.3 is 19.4 Å². The predicted molar refractivity (Wildman–Crippen MR) is 78.5 cm³/mol. The number of hydrogen-bond donors (Lipinski definition) is 1. The second kappa shape index (κ2) is 6.05. The molecule has 116 valence electrons. The Labute approximate surface area is 128 Å². The van der Waals surface area contributed by atoms with Crippen LogP contribution in [0.3, 0.4) is 0 Å². The van der Waals surface area contributed by atoms with Gasteiger partial charge in [-0.05, 0) is 26.0 Å². The van der Waals surface area contributed by atoms with Crippen LogP contribution >= 0.6 is 0 Å². The maximum Gasteiger partial charge on any atom is 0.265 e. The molecule has 2 heterocycles. The summed E-state index contributed by atoms with van der Waals surface area (Å²) in [6, 6.07) is 7.32. The molecule has 1 amide bonds. The Morgan fingerprint density at radius 3 is 2.77 bits per heavy atom. The van der Waals surface area contributed by atoms with Gasteiger partial charge in [-0.15, -0.1) is 10.2 Å². The van der Waals surface area contributed by atoms with Gasteiger partial charge >= 0.3 is 0 Å². The third-order valence-corrected chi connectivity index (χ3v) is 3.56. The van der Waals surface area contributed by atoms with E-state index in [1.54, 1.807) is 12.4 Å². The van der Waals surface area contributed by atoms with E-state index < -0.39 is 6.10 Å². The average molecular weight is 302 g/mol. The summed E-state index contributed by atoms with van der Waals surface area (Å²) in [6.45, 7) is 4.87. The van der Waals surface area contributed by atoms with Crippen molar-refractivity contribution >= 4 is 5.91 Å². The van der Waals surface area contributed by atoms with Crippen LogP contribution in [0.2, 0.25) is 0 Å². The van der Waals surface area contributed by atoms with Crippen molar-refractivity contribution in [1.82, 2.24) is 20.1 Å². The summed E-state index contributed by atoms with van der Waals surface area (Å²) < 4.78 is 13.4. The summed E-state index contributed by atoms with van der Waals surface area (Å²) in [5.74, 6) is 1.72. The van der Waals surface area contributed by atoms with Crippen LogP contribution in [0, 0.1) is 0 Å². The molecular weight excluding hydrogens is 284 g/mol. The molecule has 0 aliphatic carbocycles. The second-order valence-corrected chi connectivity index (χ2v) is 5.06. The number of rotatable bonds is 4. The molecule has 22 heavy (non-hydrogen) atoms. The molecular formula is C15H18N4O3. The summed E-state index contributed by atoms with van der Waals surface area (Å²) in [5.41, 5.74) is 0. The summed E-state index contributed by atoms with van der Waals surface area (Å²) in [7, 11) is 0. The molecule has 1 aliphatic heterocycles. The Morgan fingerprint density at radius 1 is 1.32 bits per heavy atom. The summed E-state index contributed by atoms with van der Waals surface area (Å²) in [6.07, 6.45) is 0.590. The van der Waals surface area contributed by atoms with Gasteiger partial charge in [0.25, 0.3) is 5.91 Å². The number of benzene rings is 1. The zero-order valence-electron chi connectivity index (χ0n) is 12.5. The molecule has 0 fully saturated rings. The first-order valence-corrected chi connectivity index (χ1v) is 7.25. The SMILES string of the molecule is CCn1cnnc1CNC(=O)[C@@H]1Oc2ccccc2O[C@@H]1C. The first-order valence-electron chi connectivity index (χ1n) is 7.25. The van der Waals surface area contributed by atoms with Crippen LogP contribution in [-0.4, -0.2) is 32.9 Å². The number of aryl methyl sites for hydroxylation is 1. The van der Waals surface area contributed by atoms with E-state index in [1.807, 2.05) is 36.6 Å². The van der Waals surface area contributed by atoms with Gasteiger partial charge in [0.05, 0.1) is 6.54 Å². The summed E-state index contributed by atoms with van der Waals surface area (Å²) >= 11 is 0. The fourth-order valence-corrected chi connectivity index (χ4v) is 2.35. The Bertz CT molecular complexity index is 670. The Morgan fingerprint density at radius 2 is 2.05 bits per heavy atom. The number of carbonyl (C=O) groups is 1. The number of ether oxygens (including phenoxy) is 2. The number of nitrogens with one attached hydrogen (secondary N) is 1. The Hall–Kier alpha value is -2.57. The van der Waals surface area contributed by atoms with Crippen molar-refractivity contribution in [3.05, 3.63) is 36.4 Å². The average Bonchev–Trinajstić information content (AvgIpc) is 2.99. The van der Waals surface area contributed by atoms with Gasteiger partial charge in [0.15, 0.2) is 17.3 Å². The largest absolute Gasteiger partial charge is 0.482 e. The van der Waals surface area contributed by atoms with Crippen LogP contribution in [0.5, 0.6) is 11.5 Å². The smallest absolute Gasteiger partial charge is 0.265 e. The molecule has 0 bridgehead atoms. The van der Waals surface area contributed by atoms with Crippen molar-refractivity contribution in [2.75, 3.05) is 0 Å². The van der Waals surface area contributed by atoms with Crippen LogP contribution in [-0.2, 0) is 17.9 Å². The van der Waals surface area contributed by atoms with Crippen molar-refractivity contribution < 1.29 is 14.3 Å². The van der Waals surface area contributed by atoms with Gasteiger partial charge in [0, 0.05) is 6.54 Å². The lowest BCUT2D eigenvalue weighted by atomic mass is 10.1. The zero-order valence-corrected chi connectivity index (χ0v) is 12.5. The lowest BCUT2D eigenvalue weighted by Gasteiger charge is -2.30. The van der Waals surface area contributed by atoms with E-state index in [-0.39, 0.29) is 12.0 Å². The van der Waals surface area contributed by atoms with E-state index in [4.69, 9.17) is 9.47 Å². The minimum atomic E-state index is -0.687. The molecule has 0 spiro atoms. The molecule has 2 aromatic rings. The number of amides is 1. The molecule has 2 atom stereocenters. The molecule has 3 rings (SSSR count). The summed E-state index contributed by atoms with van der Waals surface area (Å²) in [4.78, 5) is 12.3. The molecule has 1 aromatic carbocycles. The van der Waals surface area contributed by atoms with Crippen molar-refractivity contribution in [3.8, 4) is 11.5 Å². The van der Waals surface area contributed by atoms with Gasteiger partial charge in [0.2, 0.25) is 6.10 Å². The quantitative estimate of drug-likeness (QED) is 0.916. The monoisotopic (exact) mass is 302 g/mol. The standard InChI is InChI=1S/C15H18N4O3/c1-3-19-9-17-18-13(19)8-16-15(20)14-10(2)21-11-6-4-5-7-12(11)22-14/h4-7,9-10,14H,3,8H2,1-2H3,(H,16,20)/t10-,14-/m1/s1. The molecule has 1 aliphatic rings. The number of para-hydroxylation sites is 2. The van der Waals surface area contributed by atoms with Crippen molar-refractivity contribution in [2.45, 2.75) is 39.1 Å². The highest BCUT2D eigenvalue weighted by Gasteiger charge is 2.33. The molecule has 0 saturated carbocycles. The van der Waals surface area contributed by atoms with E-state index in [0.29, 0.717) is 23.9 Å². The maximum atomic E-state index is 12.3. The summed E-state index contributed by atoms with van der Waals surface area (Å²) in [5, 5.41) is 10.6. The van der Waals surface area contributed by atoms with Crippen LogP contribution in [0.25, 0.3) is 0 Å². The van der Waals surface area contributed by atoms with Crippen molar-refractivity contribution in [2.24, 2.45) is 0 Å². The molecule has 1 aromatic heterocycles. The lowest BCUT2D eigenvalue weighted by molar-refractivity contribution is -0.133. The first kappa shape index (κ1) is 14.4. The number of carbonyl (C=O) groups excluding carboxylic acids is 1. The van der Waals surface area contributed by atoms with Gasteiger partial charge in [-0.2, -0.15) is 0 Å². The zero-order chi connectivity index (χ0) is 15.5. The van der Waals surface area contributed by atoms with Crippen LogP contribution in [0.1, 0.15) is 19.7 Å². The minimum absolute atomic E-state index is 0.229. The normalized spacial score (nSPS) is 19.7. The van der Waals surface area contributed by atoms with Crippen molar-refractivity contribution in [1.29, 1.82) is 0 Å². The molecule has 0 unspecified atom stereocenters. The van der Waals surface area contributed by atoms with Crippen molar-refractivity contribution in [3.63, 3.8) is 0 Å². The fourth-order valence-electron chi connectivity index (χ4n) is 2.35. The van der Waals surface area contributed by atoms with E-state index in [1.165, 1.54) is 0 Å². The first-order chi connectivity index (χ1) is 10.7. The predicted octanol–water partition coefficient (Wildman–Crippen LogP) is 1.14. The third-order valence-electron chi connectivity index (χ3n) is 3.56. The number of nitrogens with zero attached hydrogens (tertiary/aromatic N) is 3. The van der Waals surface area contributed by atoms with E-state index in [9.17, 15) is 4.79 Å². The van der Waals surface area contributed by atoms with E-state index >= 15 is 0 Å². The van der Waals surface area contributed by atoms with E-state index in [2.05, 4.69) is 15.5 Å². The van der Waals surface area contributed by atoms with Crippen LogP contribution in [0.4, 0.5) is 0 Å². The highest BCUT2D eigenvalue weighted by atomic mass is 16.6. The fraction of sp³-hybridized carbons (Fsp3) is 0.400. The maximum absolute atomic E-state index is 12.3. The van der Waals surface area contributed by atoms with Crippen LogP contribution < -0.4 is 14.8 Å². The molecule has 7 nitrogen and oxygen atoms in total. The molecule has 1 N–H and O–H groups in total. The highest BCUT2D eigenvalue weighted by molar-refractivity contribution is 5.82. The highest BCUT2D eigenvalue weighted by Crippen LogP contribution is 2.33. The topological polar surface area (TPSA) is 78.3 Å². The van der Waals surface area contributed by atoms with Gasteiger partial charge in [-0.1, -0.05) is 12.1 Å². The number of fused-ring (bicyclic) bond motifs is 1. The third kappa shape index (κ3) is 2.74. The second-order valence-electron chi connectivity index (χ2n) is 5.06. The van der Waals surface area contributed by atoms with Gasteiger partial charge in [-0.3, -0.25) is 4.79 Å². The molecule has 7 heteroatoms. The molecule has 0 saturated heterocycles.